The van der Waals surface area contributed by atoms with E-state index in [1.165, 1.54) is 11.0 Å². The molecule has 0 radical (unpaired) electrons. The first kappa shape index (κ1) is 13.6. The molecule has 4 heteroatoms. The summed E-state index contributed by atoms with van der Waals surface area (Å²) in [4.78, 5) is 13.4. The lowest BCUT2D eigenvalue weighted by molar-refractivity contribution is -0.133. The standard InChI is InChI=1S/C13H19FN2O/c1-4-12(15)13(17)16(3)9(2)10-7-5-6-8-11(10)14/h5-9,12H,4,15H2,1-3H3. The minimum atomic E-state index is -0.519. The molecule has 0 bridgehead atoms. The van der Waals surface area contributed by atoms with Crippen molar-refractivity contribution in [3.63, 3.8) is 0 Å². The van der Waals surface area contributed by atoms with E-state index in [1.807, 2.05) is 6.92 Å². The Balaban J connectivity index is 2.87. The number of carbonyl (C=O) groups is 1. The molecule has 2 unspecified atom stereocenters. The van der Waals surface area contributed by atoms with Crippen molar-refractivity contribution in [2.24, 2.45) is 5.73 Å². The highest BCUT2D eigenvalue weighted by Gasteiger charge is 2.23. The third-order valence-corrected chi connectivity index (χ3v) is 3.04. The Labute approximate surface area is 101 Å². The summed E-state index contributed by atoms with van der Waals surface area (Å²) in [7, 11) is 1.65. The molecule has 0 fully saturated rings. The SMILES string of the molecule is CCC(N)C(=O)N(C)C(C)c1ccccc1F. The van der Waals surface area contributed by atoms with Crippen LogP contribution in [0.3, 0.4) is 0 Å². The number of benzene rings is 1. The van der Waals surface area contributed by atoms with Crippen molar-refractivity contribution in [2.75, 3.05) is 7.05 Å². The van der Waals surface area contributed by atoms with Crippen molar-refractivity contribution in [3.8, 4) is 0 Å². The Bertz CT molecular complexity index is 395. The molecule has 0 aliphatic carbocycles. The lowest BCUT2D eigenvalue weighted by Gasteiger charge is -2.27. The highest BCUT2D eigenvalue weighted by atomic mass is 19.1. The minimum absolute atomic E-state index is 0.164. The Morgan fingerprint density at radius 1 is 1.47 bits per heavy atom. The quantitative estimate of drug-likeness (QED) is 0.873. The van der Waals surface area contributed by atoms with Crippen LogP contribution in [0.1, 0.15) is 31.9 Å². The van der Waals surface area contributed by atoms with Gasteiger partial charge in [0, 0.05) is 12.6 Å². The molecular weight excluding hydrogens is 219 g/mol. The van der Waals surface area contributed by atoms with E-state index in [1.54, 1.807) is 32.2 Å². The zero-order valence-electron chi connectivity index (χ0n) is 10.5. The smallest absolute Gasteiger partial charge is 0.239 e. The van der Waals surface area contributed by atoms with E-state index in [9.17, 15) is 9.18 Å². The predicted molar refractivity (Wildman–Crippen MR) is 65.9 cm³/mol. The van der Waals surface area contributed by atoms with Gasteiger partial charge in [0.25, 0.3) is 0 Å². The molecular formula is C13H19FN2O. The fourth-order valence-corrected chi connectivity index (χ4v) is 1.65. The summed E-state index contributed by atoms with van der Waals surface area (Å²) in [5, 5.41) is 0. The van der Waals surface area contributed by atoms with Crippen LogP contribution in [-0.2, 0) is 4.79 Å². The molecule has 94 valence electrons. The zero-order valence-corrected chi connectivity index (χ0v) is 10.5. The topological polar surface area (TPSA) is 46.3 Å². The largest absolute Gasteiger partial charge is 0.338 e. The lowest BCUT2D eigenvalue weighted by atomic mass is 10.1. The highest BCUT2D eigenvalue weighted by Crippen LogP contribution is 2.22. The van der Waals surface area contributed by atoms with Crippen LogP contribution >= 0.6 is 0 Å². The van der Waals surface area contributed by atoms with Crippen LogP contribution in [0.25, 0.3) is 0 Å². The van der Waals surface area contributed by atoms with Gasteiger partial charge in [-0.3, -0.25) is 4.79 Å². The number of carbonyl (C=O) groups excluding carboxylic acids is 1. The summed E-state index contributed by atoms with van der Waals surface area (Å²) in [5.41, 5.74) is 6.19. The number of halogens is 1. The van der Waals surface area contributed by atoms with Crippen molar-refractivity contribution in [1.82, 2.24) is 4.90 Å². The molecule has 3 nitrogen and oxygen atoms in total. The van der Waals surface area contributed by atoms with Gasteiger partial charge in [-0.2, -0.15) is 0 Å². The van der Waals surface area contributed by atoms with Gasteiger partial charge in [0.2, 0.25) is 5.91 Å². The molecule has 0 spiro atoms. The minimum Gasteiger partial charge on any atom is -0.338 e. The number of hydrogen-bond donors (Lipinski definition) is 1. The van der Waals surface area contributed by atoms with Crippen LogP contribution in [-0.4, -0.2) is 23.9 Å². The van der Waals surface area contributed by atoms with Gasteiger partial charge >= 0.3 is 0 Å². The Morgan fingerprint density at radius 2 is 2.06 bits per heavy atom. The molecule has 1 amide bonds. The molecule has 0 heterocycles. The molecule has 0 saturated carbocycles. The number of likely N-dealkylation sites (N-methyl/N-ethyl adjacent to an activating group) is 1. The van der Waals surface area contributed by atoms with E-state index < -0.39 is 6.04 Å². The summed E-state index contributed by atoms with van der Waals surface area (Å²) in [6.07, 6.45) is 0.577. The maximum atomic E-state index is 13.6. The van der Waals surface area contributed by atoms with Gasteiger partial charge in [0.15, 0.2) is 0 Å². The van der Waals surface area contributed by atoms with Gasteiger partial charge in [0.05, 0.1) is 12.1 Å². The second-order valence-corrected chi connectivity index (χ2v) is 4.16. The van der Waals surface area contributed by atoms with Crippen molar-refractivity contribution in [2.45, 2.75) is 32.4 Å². The molecule has 0 saturated heterocycles. The lowest BCUT2D eigenvalue weighted by Crippen LogP contribution is -2.42. The summed E-state index contributed by atoms with van der Waals surface area (Å²) in [6, 6.07) is 5.62. The van der Waals surface area contributed by atoms with Crippen LogP contribution in [0.2, 0.25) is 0 Å². The first-order chi connectivity index (χ1) is 7.99. The average Bonchev–Trinajstić information content (AvgIpc) is 2.35. The van der Waals surface area contributed by atoms with E-state index in [4.69, 9.17) is 5.73 Å². The van der Waals surface area contributed by atoms with Crippen molar-refractivity contribution in [3.05, 3.63) is 35.6 Å². The molecule has 0 aromatic heterocycles. The maximum absolute atomic E-state index is 13.6. The van der Waals surface area contributed by atoms with Crippen LogP contribution in [0.4, 0.5) is 4.39 Å². The van der Waals surface area contributed by atoms with Gasteiger partial charge < -0.3 is 10.6 Å². The molecule has 1 rings (SSSR count). The predicted octanol–water partition coefficient (Wildman–Crippen LogP) is 2.08. The molecule has 1 aromatic carbocycles. The zero-order chi connectivity index (χ0) is 13.0. The normalized spacial score (nSPS) is 14.2. The number of hydrogen-bond acceptors (Lipinski definition) is 2. The first-order valence-corrected chi connectivity index (χ1v) is 5.75. The number of amides is 1. The van der Waals surface area contributed by atoms with E-state index in [-0.39, 0.29) is 17.8 Å². The fourth-order valence-electron chi connectivity index (χ4n) is 1.65. The first-order valence-electron chi connectivity index (χ1n) is 5.75. The van der Waals surface area contributed by atoms with Crippen molar-refractivity contribution < 1.29 is 9.18 Å². The van der Waals surface area contributed by atoms with Crippen LogP contribution in [0.5, 0.6) is 0 Å². The maximum Gasteiger partial charge on any atom is 0.239 e. The Hall–Kier alpha value is -1.42. The van der Waals surface area contributed by atoms with Crippen LogP contribution in [0.15, 0.2) is 24.3 Å². The number of rotatable bonds is 4. The Kier molecular flexibility index (Phi) is 4.63. The highest BCUT2D eigenvalue weighted by molar-refractivity contribution is 5.81. The van der Waals surface area contributed by atoms with Crippen molar-refractivity contribution in [1.29, 1.82) is 0 Å². The third-order valence-electron chi connectivity index (χ3n) is 3.04. The summed E-state index contributed by atoms with van der Waals surface area (Å²) in [6.45, 7) is 3.64. The van der Waals surface area contributed by atoms with Gasteiger partial charge in [-0.15, -0.1) is 0 Å². The Morgan fingerprint density at radius 3 is 2.59 bits per heavy atom. The number of nitrogens with zero attached hydrogens (tertiary/aromatic N) is 1. The molecule has 1 aromatic rings. The molecule has 2 N–H and O–H groups in total. The van der Waals surface area contributed by atoms with E-state index in [0.717, 1.165) is 0 Å². The summed E-state index contributed by atoms with van der Waals surface area (Å²) < 4.78 is 13.6. The monoisotopic (exact) mass is 238 g/mol. The second kappa shape index (κ2) is 5.77. The molecule has 2 atom stereocenters. The average molecular weight is 238 g/mol. The van der Waals surface area contributed by atoms with Gasteiger partial charge in [-0.1, -0.05) is 25.1 Å². The summed E-state index contributed by atoms with van der Waals surface area (Å²) >= 11 is 0. The molecule has 17 heavy (non-hydrogen) atoms. The van der Waals surface area contributed by atoms with Gasteiger partial charge in [-0.25, -0.2) is 4.39 Å². The van der Waals surface area contributed by atoms with Gasteiger partial charge in [0.1, 0.15) is 5.82 Å². The number of nitrogens with two attached hydrogens (primary N) is 1. The molecule has 0 aliphatic heterocycles. The fraction of sp³-hybridized carbons (Fsp3) is 0.462. The van der Waals surface area contributed by atoms with Gasteiger partial charge in [-0.05, 0) is 19.4 Å². The third kappa shape index (κ3) is 3.03. The van der Waals surface area contributed by atoms with Crippen molar-refractivity contribution >= 4 is 5.91 Å². The molecule has 0 aliphatic rings. The van der Waals surface area contributed by atoms with E-state index >= 15 is 0 Å². The van der Waals surface area contributed by atoms with E-state index in [0.29, 0.717) is 12.0 Å². The summed E-state index contributed by atoms with van der Waals surface area (Å²) in [5.74, 6) is -0.465. The van der Waals surface area contributed by atoms with E-state index in [2.05, 4.69) is 0 Å². The van der Waals surface area contributed by atoms with Crippen LogP contribution < -0.4 is 5.73 Å². The van der Waals surface area contributed by atoms with Crippen LogP contribution in [0, 0.1) is 5.82 Å². The second-order valence-electron chi connectivity index (χ2n) is 4.16.